The van der Waals surface area contributed by atoms with E-state index in [9.17, 15) is 26.4 Å². The largest absolute Gasteiger partial charge is 0.494 e. The molecule has 4 aromatic carbocycles. The van der Waals surface area contributed by atoms with E-state index in [1.54, 1.807) is 60.7 Å². The van der Waals surface area contributed by atoms with Crippen molar-refractivity contribution in [1.82, 2.24) is 0 Å². The molecule has 6 nitrogen and oxygen atoms in total. The van der Waals surface area contributed by atoms with Crippen molar-refractivity contribution in [2.24, 2.45) is 0 Å². The fraction of sp³-hybridized carbons (Fsp3) is 0.148. The second kappa shape index (κ2) is 10.5. The lowest BCUT2D eigenvalue weighted by Gasteiger charge is -2.25. The van der Waals surface area contributed by atoms with Gasteiger partial charge in [0.2, 0.25) is 5.91 Å². The third-order valence-corrected chi connectivity index (χ3v) is 7.35. The molecule has 0 saturated heterocycles. The highest BCUT2D eigenvalue weighted by atomic mass is 32.2. The Morgan fingerprint density at radius 2 is 1.59 bits per heavy atom. The van der Waals surface area contributed by atoms with Crippen molar-refractivity contribution >= 4 is 38.1 Å². The average molecular weight is 529 g/mol. The van der Waals surface area contributed by atoms with Gasteiger partial charge in [0.05, 0.1) is 22.8 Å². The lowest BCUT2D eigenvalue weighted by atomic mass is 10.1. The van der Waals surface area contributed by atoms with Gasteiger partial charge in [0.25, 0.3) is 10.0 Å². The molecule has 0 aromatic heterocycles. The lowest BCUT2D eigenvalue weighted by Crippen LogP contribution is -2.38. The minimum atomic E-state index is -4.70. The van der Waals surface area contributed by atoms with Gasteiger partial charge in [0, 0.05) is 11.1 Å². The molecule has 0 atom stereocenters. The number of hydrogen-bond acceptors (Lipinski definition) is 4. The Hall–Kier alpha value is -4.05. The highest BCUT2D eigenvalue weighted by Gasteiger charge is 2.33. The number of alkyl halides is 3. The first-order valence-electron chi connectivity index (χ1n) is 11.3. The summed E-state index contributed by atoms with van der Waals surface area (Å²) in [7, 11) is -4.46. The van der Waals surface area contributed by atoms with Gasteiger partial charge in [-0.05, 0) is 60.8 Å². The SMILES string of the molecule is CCOc1ccc(NC(=O)CN(c2cccc(C(F)(F)F)c2)S(=O)(=O)c2cccc3ccccc23)cc1. The summed E-state index contributed by atoms with van der Waals surface area (Å²) in [5.41, 5.74) is -0.945. The molecular weight excluding hydrogens is 505 g/mol. The van der Waals surface area contributed by atoms with Gasteiger partial charge in [-0.3, -0.25) is 9.10 Å². The number of amides is 1. The van der Waals surface area contributed by atoms with E-state index in [0.717, 1.165) is 12.1 Å². The van der Waals surface area contributed by atoms with Crippen LogP contribution in [-0.2, 0) is 21.0 Å². The van der Waals surface area contributed by atoms with Crippen LogP contribution in [0.1, 0.15) is 12.5 Å². The fourth-order valence-electron chi connectivity index (χ4n) is 3.82. The first-order valence-corrected chi connectivity index (χ1v) is 12.7. The molecule has 1 N–H and O–H groups in total. The van der Waals surface area contributed by atoms with Gasteiger partial charge >= 0.3 is 6.18 Å². The van der Waals surface area contributed by atoms with Crippen LogP contribution in [0.3, 0.4) is 0 Å². The van der Waals surface area contributed by atoms with E-state index < -0.39 is 34.2 Å². The van der Waals surface area contributed by atoms with Gasteiger partial charge in [-0.1, -0.05) is 42.5 Å². The van der Waals surface area contributed by atoms with Crippen LogP contribution in [0.5, 0.6) is 5.75 Å². The maximum Gasteiger partial charge on any atom is 0.416 e. The predicted octanol–water partition coefficient (Wildman–Crippen LogP) is 6.09. The van der Waals surface area contributed by atoms with E-state index >= 15 is 0 Å². The molecule has 37 heavy (non-hydrogen) atoms. The quantitative estimate of drug-likeness (QED) is 0.300. The summed E-state index contributed by atoms with van der Waals surface area (Å²) in [6.45, 7) is 1.54. The average Bonchev–Trinajstić information content (AvgIpc) is 2.88. The van der Waals surface area contributed by atoms with Crippen molar-refractivity contribution < 1.29 is 31.1 Å². The minimum absolute atomic E-state index is 0.128. The summed E-state index contributed by atoms with van der Waals surface area (Å²) < 4.78 is 74.1. The summed E-state index contributed by atoms with van der Waals surface area (Å²) >= 11 is 0. The third-order valence-electron chi connectivity index (χ3n) is 5.52. The van der Waals surface area contributed by atoms with Crippen LogP contribution in [0.2, 0.25) is 0 Å². The molecule has 0 radical (unpaired) electrons. The van der Waals surface area contributed by atoms with Crippen molar-refractivity contribution in [2.75, 3.05) is 22.8 Å². The topological polar surface area (TPSA) is 75.7 Å². The molecule has 4 rings (SSSR count). The second-order valence-electron chi connectivity index (χ2n) is 8.04. The molecule has 1 amide bonds. The van der Waals surface area contributed by atoms with Gasteiger partial charge in [0.1, 0.15) is 12.3 Å². The van der Waals surface area contributed by atoms with E-state index in [-0.39, 0.29) is 10.6 Å². The third kappa shape index (κ3) is 5.86. The van der Waals surface area contributed by atoms with Crippen LogP contribution < -0.4 is 14.4 Å². The van der Waals surface area contributed by atoms with Crippen LogP contribution in [0.25, 0.3) is 10.8 Å². The zero-order valence-electron chi connectivity index (χ0n) is 19.7. The van der Waals surface area contributed by atoms with Crippen LogP contribution in [0, 0.1) is 0 Å². The molecule has 0 unspecified atom stereocenters. The number of ether oxygens (including phenoxy) is 1. The molecule has 192 valence electrons. The van der Waals surface area contributed by atoms with E-state index in [1.165, 1.54) is 12.1 Å². The number of anilines is 2. The summed E-state index contributed by atoms with van der Waals surface area (Å²) in [5, 5.41) is 3.61. The molecule has 4 aromatic rings. The normalized spacial score (nSPS) is 11.8. The van der Waals surface area contributed by atoms with Gasteiger partial charge < -0.3 is 10.1 Å². The number of carbonyl (C=O) groups excluding carboxylic acids is 1. The predicted molar refractivity (Wildman–Crippen MR) is 136 cm³/mol. The number of rotatable bonds is 8. The molecule has 0 fully saturated rings. The number of carbonyl (C=O) groups is 1. The molecule has 0 saturated carbocycles. The number of nitrogens with zero attached hydrogens (tertiary/aromatic N) is 1. The van der Waals surface area contributed by atoms with Crippen LogP contribution >= 0.6 is 0 Å². The Labute approximate surface area is 212 Å². The first-order chi connectivity index (χ1) is 17.6. The van der Waals surface area contributed by atoms with Crippen molar-refractivity contribution in [3.63, 3.8) is 0 Å². The van der Waals surface area contributed by atoms with E-state index in [0.29, 0.717) is 39.2 Å². The molecule has 0 heterocycles. The number of nitrogens with one attached hydrogen (secondary N) is 1. The van der Waals surface area contributed by atoms with Gasteiger partial charge in [-0.2, -0.15) is 13.2 Å². The molecule has 0 bridgehead atoms. The Balaban J connectivity index is 1.74. The van der Waals surface area contributed by atoms with Gasteiger partial charge in [0.15, 0.2) is 0 Å². The maximum absolute atomic E-state index is 13.9. The molecule has 0 aliphatic carbocycles. The van der Waals surface area contributed by atoms with E-state index in [1.807, 2.05) is 6.92 Å². The highest BCUT2D eigenvalue weighted by molar-refractivity contribution is 7.93. The van der Waals surface area contributed by atoms with Crippen LogP contribution in [-0.4, -0.2) is 27.5 Å². The molecule has 0 aliphatic rings. The van der Waals surface area contributed by atoms with Crippen LogP contribution in [0.15, 0.2) is 95.9 Å². The Morgan fingerprint density at radius 3 is 2.30 bits per heavy atom. The monoisotopic (exact) mass is 528 g/mol. The summed E-state index contributed by atoms with van der Waals surface area (Å²) in [6.07, 6.45) is -4.70. The van der Waals surface area contributed by atoms with Crippen molar-refractivity contribution in [3.8, 4) is 5.75 Å². The zero-order valence-corrected chi connectivity index (χ0v) is 20.5. The Morgan fingerprint density at radius 1 is 0.919 bits per heavy atom. The smallest absolute Gasteiger partial charge is 0.416 e. The summed E-state index contributed by atoms with van der Waals surface area (Å²) in [5.74, 6) is -0.144. The van der Waals surface area contributed by atoms with Crippen molar-refractivity contribution in [1.29, 1.82) is 0 Å². The standard InChI is InChI=1S/C27H23F3N2O4S/c1-2-36-23-15-13-21(14-16-23)31-26(33)18-32(22-10-6-9-20(17-22)27(28,29)30)37(34,35)25-12-5-8-19-7-3-4-11-24(19)25/h3-17H,2,18H2,1H3,(H,31,33). The molecule has 10 heteroatoms. The Bertz CT molecular complexity index is 1520. The second-order valence-corrected chi connectivity index (χ2v) is 9.87. The first kappa shape index (κ1) is 26.0. The number of sulfonamides is 1. The van der Waals surface area contributed by atoms with E-state index in [2.05, 4.69) is 5.32 Å². The van der Waals surface area contributed by atoms with Crippen molar-refractivity contribution in [2.45, 2.75) is 18.0 Å². The fourth-order valence-corrected chi connectivity index (χ4v) is 5.45. The molecule has 0 spiro atoms. The number of hydrogen-bond donors (Lipinski definition) is 1. The number of fused-ring (bicyclic) bond motifs is 1. The lowest BCUT2D eigenvalue weighted by molar-refractivity contribution is -0.137. The van der Waals surface area contributed by atoms with Crippen LogP contribution in [0.4, 0.5) is 24.5 Å². The summed E-state index contributed by atoms with van der Waals surface area (Å²) in [6, 6.07) is 21.7. The maximum atomic E-state index is 13.9. The minimum Gasteiger partial charge on any atom is -0.494 e. The highest BCUT2D eigenvalue weighted by Crippen LogP contribution is 2.34. The van der Waals surface area contributed by atoms with E-state index in [4.69, 9.17) is 4.74 Å². The molecule has 0 aliphatic heterocycles. The number of benzene rings is 4. The van der Waals surface area contributed by atoms with Gasteiger partial charge in [-0.25, -0.2) is 8.42 Å². The zero-order chi connectivity index (χ0) is 26.6. The Kier molecular flexibility index (Phi) is 7.40. The summed E-state index contributed by atoms with van der Waals surface area (Å²) in [4.78, 5) is 12.8. The molecular formula is C27H23F3N2O4S. The number of halogens is 3. The van der Waals surface area contributed by atoms with Crippen molar-refractivity contribution in [3.05, 3.63) is 96.6 Å². The van der Waals surface area contributed by atoms with Gasteiger partial charge in [-0.15, -0.1) is 0 Å².